The van der Waals surface area contributed by atoms with Gasteiger partial charge in [-0.25, -0.2) is 8.42 Å². The van der Waals surface area contributed by atoms with E-state index in [-0.39, 0.29) is 35.9 Å². The third kappa shape index (κ3) is 7.59. The van der Waals surface area contributed by atoms with Crippen molar-refractivity contribution in [3.05, 3.63) is 129 Å². The second kappa shape index (κ2) is 12.8. The van der Waals surface area contributed by atoms with Gasteiger partial charge in [0.25, 0.3) is 5.91 Å². The van der Waals surface area contributed by atoms with Crippen molar-refractivity contribution < 1.29 is 17.6 Å². The Kier molecular flexibility index (Phi) is 9.23. The molecule has 4 aromatic rings. The molecule has 0 radical (unpaired) electrons. The molecule has 0 saturated heterocycles. The van der Waals surface area contributed by atoms with Crippen molar-refractivity contribution in [3.8, 4) is 6.07 Å². The van der Waals surface area contributed by atoms with E-state index >= 15 is 0 Å². The molecule has 3 aromatic carbocycles. The summed E-state index contributed by atoms with van der Waals surface area (Å²) in [4.78, 5) is 12.6. The van der Waals surface area contributed by atoms with Gasteiger partial charge >= 0.3 is 0 Å². The van der Waals surface area contributed by atoms with Crippen LogP contribution in [0.5, 0.6) is 0 Å². The molecule has 1 amide bonds. The summed E-state index contributed by atoms with van der Waals surface area (Å²) in [5.74, 6) is 0.0155. The van der Waals surface area contributed by atoms with Crippen molar-refractivity contribution in [1.82, 2.24) is 9.62 Å². The van der Waals surface area contributed by atoms with Crippen LogP contribution in [0.1, 0.15) is 22.6 Å². The van der Waals surface area contributed by atoms with E-state index in [0.29, 0.717) is 15.8 Å². The molecule has 0 aliphatic heterocycles. The summed E-state index contributed by atoms with van der Waals surface area (Å²) in [6.45, 7) is 0.252. The second-order valence-electron chi connectivity index (χ2n) is 8.50. The summed E-state index contributed by atoms with van der Waals surface area (Å²) >= 11 is 11.8. The Balaban J connectivity index is 1.52. The lowest BCUT2D eigenvalue weighted by Crippen LogP contribution is -2.30. The molecule has 0 spiro atoms. The molecule has 7 nitrogen and oxygen atoms in total. The van der Waals surface area contributed by atoms with Crippen LogP contribution in [-0.2, 0) is 34.5 Å². The predicted octanol–water partition coefficient (Wildman–Crippen LogP) is 6.20. The number of carbonyl (C=O) groups excluding carboxylic acids is 1. The first kappa shape index (κ1) is 28.1. The van der Waals surface area contributed by atoms with Gasteiger partial charge in [-0.05, 0) is 59.7 Å². The van der Waals surface area contributed by atoms with E-state index in [0.717, 1.165) is 11.1 Å². The molecular weight excluding hydrogens is 557 g/mol. The Morgan fingerprint density at radius 1 is 0.872 bits per heavy atom. The van der Waals surface area contributed by atoms with Crippen molar-refractivity contribution in [1.29, 1.82) is 5.26 Å². The Morgan fingerprint density at radius 3 is 2.15 bits per heavy atom. The van der Waals surface area contributed by atoms with Gasteiger partial charge in [0.15, 0.2) is 0 Å². The molecule has 198 valence electrons. The largest absolute Gasteiger partial charge is 0.460 e. The summed E-state index contributed by atoms with van der Waals surface area (Å²) in [7, 11) is -3.91. The molecule has 0 unspecified atom stereocenters. The number of nitriles is 1. The normalized spacial score (nSPS) is 11.8. The van der Waals surface area contributed by atoms with Gasteiger partial charge in [0, 0.05) is 29.2 Å². The van der Waals surface area contributed by atoms with Gasteiger partial charge in [-0.3, -0.25) is 4.79 Å². The molecule has 1 aromatic heterocycles. The number of amides is 1. The SMILES string of the molecule is N#C/C(=C/c1ccc(CN(Cc2ccccc2)S(=O)(=O)c2ccc(Cl)cc2)o1)C(=O)NCc1ccc(Cl)cc1. The van der Waals surface area contributed by atoms with Crippen LogP contribution in [0.15, 0.2) is 106 Å². The van der Waals surface area contributed by atoms with Crippen LogP contribution in [0.25, 0.3) is 6.08 Å². The van der Waals surface area contributed by atoms with Crippen molar-refractivity contribution >= 4 is 45.2 Å². The number of nitrogens with one attached hydrogen (secondary N) is 1. The van der Waals surface area contributed by atoms with E-state index in [1.807, 2.05) is 36.4 Å². The summed E-state index contributed by atoms with van der Waals surface area (Å²) < 4.78 is 34.1. The van der Waals surface area contributed by atoms with E-state index in [2.05, 4.69) is 5.32 Å². The van der Waals surface area contributed by atoms with Crippen LogP contribution in [-0.4, -0.2) is 18.6 Å². The number of benzene rings is 3. The van der Waals surface area contributed by atoms with Crippen molar-refractivity contribution in [2.45, 2.75) is 24.5 Å². The highest BCUT2D eigenvalue weighted by Crippen LogP contribution is 2.24. The number of hydrogen-bond acceptors (Lipinski definition) is 5. The topological polar surface area (TPSA) is 103 Å². The van der Waals surface area contributed by atoms with Crippen molar-refractivity contribution in [3.63, 3.8) is 0 Å². The zero-order valence-electron chi connectivity index (χ0n) is 20.6. The highest BCUT2D eigenvalue weighted by molar-refractivity contribution is 7.89. The number of carbonyl (C=O) groups is 1. The zero-order chi connectivity index (χ0) is 27.8. The molecule has 0 atom stereocenters. The highest BCUT2D eigenvalue weighted by atomic mass is 35.5. The monoisotopic (exact) mass is 579 g/mol. The maximum atomic E-state index is 13.5. The molecule has 1 heterocycles. The number of hydrogen-bond donors (Lipinski definition) is 1. The highest BCUT2D eigenvalue weighted by Gasteiger charge is 2.26. The Morgan fingerprint density at radius 2 is 1.51 bits per heavy atom. The molecule has 39 heavy (non-hydrogen) atoms. The number of nitrogens with zero attached hydrogens (tertiary/aromatic N) is 2. The average Bonchev–Trinajstić information content (AvgIpc) is 3.38. The minimum absolute atomic E-state index is 0.0711. The van der Waals surface area contributed by atoms with Gasteiger partial charge in [-0.15, -0.1) is 0 Å². The van der Waals surface area contributed by atoms with Gasteiger partial charge < -0.3 is 9.73 Å². The fraction of sp³-hybridized carbons (Fsp3) is 0.103. The van der Waals surface area contributed by atoms with Crippen LogP contribution < -0.4 is 5.32 Å². The zero-order valence-corrected chi connectivity index (χ0v) is 22.9. The van der Waals surface area contributed by atoms with Crippen molar-refractivity contribution in [2.75, 3.05) is 0 Å². The second-order valence-corrected chi connectivity index (χ2v) is 11.3. The lowest BCUT2D eigenvalue weighted by atomic mass is 10.2. The summed E-state index contributed by atoms with van der Waals surface area (Å²) in [6, 6.07) is 27.2. The molecule has 10 heteroatoms. The molecule has 4 rings (SSSR count). The van der Waals surface area contributed by atoms with Crippen LogP contribution in [0, 0.1) is 11.3 Å². The van der Waals surface area contributed by atoms with Crippen molar-refractivity contribution in [2.24, 2.45) is 0 Å². The fourth-order valence-corrected chi connectivity index (χ4v) is 5.32. The van der Waals surface area contributed by atoms with E-state index in [9.17, 15) is 18.5 Å². The molecule has 0 fully saturated rings. The first-order valence-electron chi connectivity index (χ1n) is 11.8. The van der Waals surface area contributed by atoms with Gasteiger partial charge in [-0.2, -0.15) is 9.57 Å². The standard InChI is InChI=1S/C29H23Cl2N3O4S/c30-24-8-6-21(7-9-24)18-33-29(35)23(17-32)16-26-12-13-27(38-26)20-34(19-22-4-2-1-3-5-22)39(36,37)28-14-10-25(31)11-15-28/h1-16H,18-20H2,(H,33,35)/b23-16-. The average molecular weight is 580 g/mol. The maximum absolute atomic E-state index is 13.5. The number of sulfonamides is 1. The number of halogens is 2. The summed E-state index contributed by atoms with van der Waals surface area (Å²) in [5.41, 5.74) is 1.47. The van der Waals surface area contributed by atoms with Crippen LogP contribution >= 0.6 is 23.2 Å². The molecule has 0 saturated carbocycles. The number of furan rings is 1. The summed E-state index contributed by atoms with van der Waals surface area (Å²) in [6.07, 6.45) is 1.32. The minimum atomic E-state index is -3.91. The first-order valence-corrected chi connectivity index (χ1v) is 14.0. The van der Waals surface area contributed by atoms with E-state index in [4.69, 9.17) is 27.6 Å². The quantitative estimate of drug-likeness (QED) is 0.178. The van der Waals surface area contributed by atoms with E-state index < -0.39 is 15.9 Å². The van der Waals surface area contributed by atoms with E-state index in [1.54, 1.807) is 36.4 Å². The molecule has 0 aliphatic rings. The predicted molar refractivity (Wildman–Crippen MR) is 150 cm³/mol. The van der Waals surface area contributed by atoms with Gasteiger partial charge in [0.1, 0.15) is 23.2 Å². The fourth-order valence-electron chi connectivity index (χ4n) is 3.67. The Labute approximate surface area is 236 Å². The minimum Gasteiger partial charge on any atom is -0.460 e. The smallest absolute Gasteiger partial charge is 0.262 e. The third-order valence-corrected chi connectivity index (χ3v) is 8.00. The molecule has 1 N–H and O–H groups in total. The first-order chi connectivity index (χ1) is 18.7. The van der Waals surface area contributed by atoms with Crippen LogP contribution in [0.4, 0.5) is 0 Å². The number of rotatable bonds is 10. The molecule has 0 bridgehead atoms. The van der Waals surface area contributed by atoms with Gasteiger partial charge in [0.05, 0.1) is 11.4 Å². The lowest BCUT2D eigenvalue weighted by molar-refractivity contribution is -0.117. The van der Waals surface area contributed by atoms with E-state index in [1.165, 1.54) is 34.6 Å². The van der Waals surface area contributed by atoms with Crippen LogP contribution in [0.2, 0.25) is 10.0 Å². The van der Waals surface area contributed by atoms with Gasteiger partial charge in [-0.1, -0.05) is 65.7 Å². The summed E-state index contributed by atoms with van der Waals surface area (Å²) in [5, 5.41) is 13.2. The lowest BCUT2D eigenvalue weighted by Gasteiger charge is -2.21. The molecule has 0 aliphatic carbocycles. The Hall–Kier alpha value is -3.87. The van der Waals surface area contributed by atoms with Gasteiger partial charge in [0.2, 0.25) is 10.0 Å². The third-order valence-electron chi connectivity index (χ3n) is 5.69. The Bertz CT molecular complexity index is 1610. The van der Waals surface area contributed by atoms with Crippen LogP contribution in [0.3, 0.4) is 0 Å². The molecular formula is C29H23Cl2N3O4S. The maximum Gasteiger partial charge on any atom is 0.262 e.